The minimum absolute atomic E-state index is 0.151. The number of benzene rings is 3. The summed E-state index contributed by atoms with van der Waals surface area (Å²) in [5, 5.41) is 2.94. The molecule has 3 nitrogen and oxygen atoms in total. The molecule has 0 spiro atoms. The van der Waals surface area contributed by atoms with Gasteiger partial charge >= 0.3 is 0 Å². The number of para-hydroxylation sites is 1. The second kappa shape index (κ2) is 6.02. The van der Waals surface area contributed by atoms with Gasteiger partial charge in [0.25, 0.3) is 0 Å². The predicted octanol–water partition coefficient (Wildman–Crippen LogP) is 4.00. The lowest BCUT2D eigenvalue weighted by molar-refractivity contribution is -0.120. The normalized spacial score (nSPS) is 19.2. The van der Waals surface area contributed by atoms with Gasteiger partial charge in [-0.25, -0.2) is 0 Å². The van der Waals surface area contributed by atoms with Crippen LogP contribution in [0.2, 0.25) is 0 Å². The summed E-state index contributed by atoms with van der Waals surface area (Å²) in [5.74, 6) is -0.423. The van der Waals surface area contributed by atoms with Crippen molar-refractivity contribution in [1.29, 1.82) is 0 Å². The number of hydrogen-bond donors (Lipinski definition) is 1. The minimum Gasteiger partial charge on any atom is -0.324 e. The molecule has 122 valence electrons. The minimum atomic E-state index is -1.25. The average Bonchev–Trinajstić information content (AvgIpc) is 2.67. The zero-order valence-electron chi connectivity index (χ0n) is 13.6. The summed E-state index contributed by atoms with van der Waals surface area (Å²) < 4.78 is 0. The molecule has 3 aromatic rings. The van der Waals surface area contributed by atoms with E-state index in [4.69, 9.17) is 0 Å². The Morgan fingerprint density at radius 3 is 2.04 bits per heavy atom. The van der Waals surface area contributed by atoms with Gasteiger partial charge in [-0.3, -0.25) is 9.59 Å². The van der Waals surface area contributed by atoms with Gasteiger partial charge in [0, 0.05) is 5.56 Å². The van der Waals surface area contributed by atoms with Crippen LogP contribution in [0.15, 0.2) is 84.9 Å². The van der Waals surface area contributed by atoms with Crippen molar-refractivity contribution in [3.05, 3.63) is 102 Å². The van der Waals surface area contributed by atoms with Gasteiger partial charge in [-0.1, -0.05) is 72.8 Å². The molecule has 3 heteroatoms. The van der Waals surface area contributed by atoms with E-state index in [1.54, 1.807) is 12.1 Å². The lowest BCUT2D eigenvalue weighted by Crippen LogP contribution is -2.52. The third kappa shape index (κ3) is 2.45. The number of anilines is 1. The Morgan fingerprint density at radius 1 is 0.720 bits per heavy atom. The third-order valence-electron chi connectivity index (χ3n) is 4.77. The largest absolute Gasteiger partial charge is 0.324 e. The van der Waals surface area contributed by atoms with Crippen molar-refractivity contribution in [2.75, 3.05) is 5.32 Å². The smallest absolute Gasteiger partial charge is 0.243 e. The van der Waals surface area contributed by atoms with Crippen LogP contribution in [0.4, 0.5) is 5.69 Å². The van der Waals surface area contributed by atoms with Crippen LogP contribution in [-0.4, -0.2) is 11.7 Å². The van der Waals surface area contributed by atoms with Crippen LogP contribution in [-0.2, 0) is 16.6 Å². The van der Waals surface area contributed by atoms with Gasteiger partial charge in [-0.2, -0.15) is 0 Å². The van der Waals surface area contributed by atoms with Crippen LogP contribution in [0.25, 0.3) is 0 Å². The Morgan fingerprint density at radius 2 is 1.32 bits per heavy atom. The molecule has 1 amide bonds. The summed E-state index contributed by atoms with van der Waals surface area (Å²) in [4.78, 5) is 26.7. The van der Waals surface area contributed by atoms with Gasteiger partial charge < -0.3 is 5.32 Å². The fraction of sp³-hybridized carbons (Fsp3) is 0.0909. The lowest BCUT2D eigenvalue weighted by Gasteiger charge is -2.36. The summed E-state index contributed by atoms with van der Waals surface area (Å²) >= 11 is 0. The average molecular weight is 327 g/mol. The number of rotatable bonds is 3. The molecular formula is C22H17NO2. The standard InChI is InChI=1S/C22H17NO2/c24-20-18-13-7-8-14-19(18)23-21(25)22(20,17-11-5-2-6-12-17)15-16-9-3-1-4-10-16/h1-14H,15H2,(H,23,25). The van der Waals surface area contributed by atoms with E-state index >= 15 is 0 Å². The summed E-state index contributed by atoms with van der Waals surface area (Å²) in [6.45, 7) is 0. The van der Waals surface area contributed by atoms with Crippen molar-refractivity contribution < 1.29 is 9.59 Å². The van der Waals surface area contributed by atoms with Crippen LogP contribution in [0.3, 0.4) is 0 Å². The van der Waals surface area contributed by atoms with Gasteiger partial charge in [0.15, 0.2) is 5.78 Å². The summed E-state index contributed by atoms with van der Waals surface area (Å²) in [6.07, 6.45) is 0.330. The molecule has 1 heterocycles. The van der Waals surface area contributed by atoms with Crippen molar-refractivity contribution >= 4 is 17.4 Å². The Kier molecular flexibility index (Phi) is 3.69. The van der Waals surface area contributed by atoms with E-state index in [0.717, 1.165) is 11.1 Å². The van der Waals surface area contributed by atoms with E-state index in [9.17, 15) is 9.59 Å². The number of amides is 1. The molecule has 0 saturated heterocycles. The van der Waals surface area contributed by atoms with Crippen LogP contribution >= 0.6 is 0 Å². The first-order valence-electron chi connectivity index (χ1n) is 8.26. The number of hydrogen-bond acceptors (Lipinski definition) is 2. The fourth-order valence-corrected chi connectivity index (χ4v) is 3.50. The zero-order valence-corrected chi connectivity index (χ0v) is 13.6. The SMILES string of the molecule is O=C1Nc2ccccc2C(=O)C1(Cc1ccccc1)c1ccccc1. The molecule has 0 saturated carbocycles. The molecule has 25 heavy (non-hydrogen) atoms. The lowest BCUT2D eigenvalue weighted by atomic mass is 9.68. The number of nitrogens with one attached hydrogen (secondary N) is 1. The summed E-state index contributed by atoms with van der Waals surface area (Å²) in [5.41, 5.74) is 1.56. The maximum Gasteiger partial charge on any atom is 0.243 e. The molecule has 1 aliphatic rings. The van der Waals surface area contributed by atoms with Gasteiger partial charge in [0.05, 0.1) is 5.69 Å². The van der Waals surface area contributed by atoms with Gasteiger partial charge in [-0.15, -0.1) is 0 Å². The Labute approximate surface area is 146 Å². The summed E-state index contributed by atoms with van der Waals surface area (Å²) in [6, 6.07) is 26.2. The highest BCUT2D eigenvalue weighted by molar-refractivity contribution is 6.27. The molecule has 1 atom stereocenters. The van der Waals surface area contributed by atoms with E-state index in [0.29, 0.717) is 17.7 Å². The van der Waals surface area contributed by atoms with Crippen molar-refractivity contribution in [2.24, 2.45) is 0 Å². The molecule has 1 N–H and O–H groups in total. The molecule has 0 radical (unpaired) electrons. The highest BCUT2D eigenvalue weighted by atomic mass is 16.2. The highest BCUT2D eigenvalue weighted by Crippen LogP contribution is 2.39. The molecule has 4 rings (SSSR count). The van der Waals surface area contributed by atoms with Crippen LogP contribution < -0.4 is 5.32 Å². The number of fused-ring (bicyclic) bond motifs is 1. The van der Waals surface area contributed by atoms with Crippen molar-refractivity contribution in [2.45, 2.75) is 11.8 Å². The van der Waals surface area contributed by atoms with Crippen LogP contribution in [0.1, 0.15) is 21.5 Å². The first-order valence-corrected chi connectivity index (χ1v) is 8.26. The molecule has 1 unspecified atom stereocenters. The quantitative estimate of drug-likeness (QED) is 0.739. The topological polar surface area (TPSA) is 46.2 Å². The molecule has 0 aromatic heterocycles. The molecule has 0 aliphatic carbocycles. The Balaban J connectivity index is 1.92. The van der Waals surface area contributed by atoms with Gasteiger partial charge in [0.1, 0.15) is 5.41 Å². The predicted molar refractivity (Wildman–Crippen MR) is 97.7 cm³/mol. The maximum atomic E-state index is 13.5. The van der Waals surface area contributed by atoms with Crippen LogP contribution in [0.5, 0.6) is 0 Å². The molecule has 3 aromatic carbocycles. The van der Waals surface area contributed by atoms with Crippen LogP contribution in [0, 0.1) is 0 Å². The number of carbonyl (C=O) groups excluding carboxylic acids is 2. The van der Waals surface area contributed by atoms with Crippen molar-refractivity contribution in [3.8, 4) is 0 Å². The van der Waals surface area contributed by atoms with Gasteiger partial charge in [-0.05, 0) is 29.7 Å². The highest BCUT2D eigenvalue weighted by Gasteiger charge is 2.50. The van der Waals surface area contributed by atoms with E-state index in [2.05, 4.69) is 5.32 Å². The second-order valence-electron chi connectivity index (χ2n) is 6.26. The number of Topliss-reactive ketones (excluding diaryl/α,β-unsaturated/α-hetero) is 1. The maximum absolute atomic E-state index is 13.5. The zero-order chi connectivity index (χ0) is 17.3. The summed E-state index contributed by atoms with van der Waals surface area (Å²) in [7, 11) is 0. The molecule has 1 aliphatic heterocycles. The molecular weight excluding hydrogens is 310 g/mol. The monoisotopic (exact) mass is 327 g/mol. The molecule has 0 fully saturated rings. The van der Waals surface area contributed by atoms with Gasteiger partial charge in [0.2, 0.25) is 5.91 Å². The van der Waals surface area contributed by atoms with E-state index in [-0.39, 0.29) is 11.7 Å². The Hall–Kier alpha value is -3.20. The number of carbonyl (C=O) groups is 2. The first-order chi connectivity index (χ1) is 12.2. The first kappa shape index (κ1) is 15.3. The second-order valence-corrected chi connectivity index (χ2v) is 6.26. The van der Waals surface area contributed by atoms with E-state index in [1.165, 1.54) is 0 Å². The Bertz CT molecular complexity index is 935. The van der Waals surface area contributed by atoms with Crippen molar-refractivity contribution in [1.82, 2.24) is 0 Å². The van der Waals surface area contributed by atoms with Crippen molar-refractivity contribution in [3.63, 3.8) is 0 Å². The van der Waals surface area contributed by atoms with E-state index < -0.39 is 5.41 Å². The third-order valence-corrected chi connectivity index (χ3v) is 4.77. The number of ketones is 1. The fourth-order valence-electron chi connectivity index (χ4n) is 3.50. The molecule has 0 bridgehead atoms. The van der Waals surface area contributed by atoms with E-state index in [1.807, 2.05) is 72.8 Å².